The molecule has 4 atom stereocenters. The van der Waals surface area contributed by atoms with E-state index in [0.717, 1.165) is 63.9 Å². The van der Waals surface area contributed by atoms with Crippen molar-refractivity contribution in [2.75, 3.05) is 5.32 Å². The fraction of sp³-hybridized carbons (Fsp3) is 0.300. The van der Waals surface area contributed by atoms with E-state index >= 15 is 0 Å². The summed E-state index contributed by atoms with van der Waals surface area (Å²) in [6.07, 6.45) is 6.19. The van der Waals surface area contributed by atoms with Crippen LogP contribution in [0, 0.1) is 11.8 Å². The van der Waals surface area contributed by atoms with Crippen molar-refractivity contribution in [3.05, 3.63) is 112 Å². The van der Waals surface area contributed by atoms with Crippen LogP contribution in [0.1, 0.15) is 78.0 Å². The number of hydrogen-bond acceptors (Lipinski definition) is 8. The van der Waals surface area contributed by atoms with Gasteiger partial charge in [-0.25, -0.2) is 9.97 Å². The molecule has 10 nitrogen and oxygen atoms in total. The van der Waals surface area contributed by atoms with Crippen LogP contribution in [0.5, 0.6) is 5.75 Å². The zero-order valence-corrected chi connectivity index (χ0v) is 27.5. The van der Waals surface area contributed by atoms with E-state index in [0.29, 0.717) is 41.2 Å². The van der Waals surface area contributed by atoms with Crippen molar-refractivity contribution in [2.45, 2.75) is 63.3 Å². The minimum atomic E-state index is -0.987. The summed E-state index contributed by atoms with van der Waals surface area (Å²) in [5, 5.41) is 10.1. The van der Waals surface area contributed by atoms with Crippen molar-refractivity contribution in [1.82, 2.24) is 20.6 Å². The standard InChI is InChI=1S/C40H33N5O5/c1-18(2)31-38-44-33-34(50-38)40-25-8-4-7-23(22-6-3-5-20-12-13-24(30(20)22)29-17-41-37(33)48-29)32(25)45-39(40)49-28-14-9-19(15-26(28)40)16-27(36(47)43-31)42-35(46)21-10-11-21/h3-9,13-15,17-18,21,27,31,39,45H,10-12,16H2,1-2H3,(H,42,46)(H,43,47)/t27?,31-,39-,40?/m0/s1. The zero-order chi connectivity index (χ0) is 33.5. The Kier molecular flexibility index (Phi) is 5.50. The Hall–Kier alpha value is -5.64. The predicted molar refractivity (Wildman–Crippen MR) is 183 cm³/mol. The summed E-state index contributed by atoms with van der Waals surface area (Å²) in [7, 11) is 0. The number of carbonyl (C=O) groups excluding carboxylic acids is 2. The van der Waals surface area contributed by atoms with Crippen molar-refractivity contribution in [1.29, 1.82) is 0 Å². The SMILES string of the molecule is CC(C)[C@@H]1NC(=O)C(NC(=O)C2CC2)Cc2ccc3c(c2)C24c5cccc(c5N[C@H]2O3)-c2cccc3c2C(=CC3)c2cnc(o2)-c2nc1oc24. The molecule has 2 amide bonds. The van der Waals surface area contributed by atoms with Crippen LogP contribution < -0.4 is 20.7 Å². The third kappa shape index (κ3) is 3.68. The summed E-state index contributed by atoms with van der Waals surface area (Å²) in [5.41, 5.74) is 8.74. The lowest BCUT2D eigenvalue weighted by Gasteiger charge is -2.29. The van der Waals surface area contributed by atoms with Gasteiger partial charge in [0.05, 0.1) is 6.20 Å². The van der Waals surface area contributed by atoms with Crippen molar-refractivity contribution < 1.29 is 23.2 Å². The van der Waals surface area contributed by atoms with E-state index in [4.69, 9.17) is 23.5 Å². The van der Waals surface area contributed by atoms with E-state index in [2.05, 4.69) is 64.5 Å². The van der Waals surface area contributed by atoms with Gasteiger partial charge in [0.1, 0.15) is 23.2 Å². The highest BCUT2D eigenvalue weighted by molar-refractivity contribution is 5.97. The topological polar surface area (TPSA) is 132 Å². The van der Waals surface area contributed by atoms with Crippen LogP contribution in [0.15, 0.2) is 75.7 Å². The normalized spacial score (nSPS) is 24.6. The Morgan fingerprint density at radius 3 is 2.74 bits per heavy atom. The van der Waals surface area contributed by atoms with E-state index < -0.39 is 23.7 Å². The van der Waals surface area contributed by atoms with E-state index in [1.165, 1.54) is 5.56 Å². The maximum absolute atomic E-state index is 14.1. The molecule has 3 aromatic carbocycles. The molecule has 11 rings (SSSR count). The summed E-state index contributed by atoms with van der Waals surface area (Å²) in [6, 6.07) is 17.5. The smallest absolute Gasteiger partial charge is 0.249 e. The molecule has 1 fully saturated rings. The molecule has 10 bridgehead atoms. The van der Waals surface area contributed by atoms with E-state index in [1.54, 1.807) is 6.20 Å². The summed E-state index contributed by atoms with van der Waals surface area (Å²) < 4.78 is 20.5. The maximum Gasteiger partial charge on any atom is 0.249 e. The maximum atomic E-state index is 14.1. The third-order valence-electron chi connectivity index (χ3n) is 11.3. The molecule has 2 unspecified atom stereocenters. The zero-order valence-electron chi connectivity index (χ0n) is 27.5. The molecule has 248 valence electrons. The van der Waals surface area contributed by atoms with Gasteiger partial charge in [-0.1, -0.05) is 68.5 Å². The predicted octanol–water partition coefficient (Wildman–Crippen LogP) is 6.04. The first-order valence-electron chi connectivity index (χ1n) is 17.5. The summed E-state index contributed by atoms with van der Waals surface area (Å²) in [5.74, 6) is 2.07. The number of ether oxygens (including phenoxy) is 1. The van der Waals surface area contributed by atoms with Crippen LogP contribution in [-0.4, -0.2) is 34.1 Å². The van der Waals surface area contributed by atoms with Gasteiger partial charge in [-0.3, -0.25) is 9.59 Å². The molecule has 0 saturated heterocycles. The van der Waals surface area contributed by atoms with Crippen LogP contribution in [0.3, 0.4) is 0 Å². The Morgan fingerprint density at radius 2 is 1.88 bits per heavy atom. The molecule has 2 aromatic heterocycles. The number of benzene rings is 3. The third-order valence-corrected chi connectivity index (χ3v) is 11.3. The van der Waals surface area contributed by atoms with Crippen LogP contribution in [-0.2, 0) is 27.8 Å². The number of allylic oxidation sites excluding steroid dienone is 1. The quantitative estimate of drug-likeness (QED) is 0.213. The van der Waals surface area contributed by atoms with Gasteiger partial charge < -0.3 is 29.5 Å². The van der Waals surface area contributed by atoms with Crippen LogP contribution >= 0.6 is 0 Å². The molecule has 4 aliphatic heterocycles. The number of carbonyl (C=O) groups is 2. The number of anilines is 1. The van der Waals surface area contributed by atoms with Crippen molar-refractivity contribution >= 4 is 23.1 Å². The Morgan fingerprint density at radius 1 is 1.02 bits per heavy atom. The minimum Gasteiger partial charge on any atom is -0.469 e. The second-order valence-electron chi connectivity index (χ2n) is 14.7. The summed E-state index contributed by atoms with van der Waals surface area (Å²) in [4.78, 5) is 37.1. The Balaban J connectivity index is 1.23. The van der Waals surface area contributed by atoms with Gasteiger partial charge in [0.25, 0.3) is 0 Å². The molecule has 6 aliphatic rings. The van der Waals surface area contributed by atoms with Gasteiger partial charge in [0.2, 0.25) is 23.6 Å². The van der Waals surface area contributed by atoms with Crippen molar-refractivity contribution in [3.63, 3.8) is 0 Å². The highest BCUT2D eigenvalue weighted by Gasteiger charge is 2.61. The lowest BCUT2D eigenvalue weighted by molar-refractivity contribution is -0.130. The number of amides is 2. The first-order chi connectivity index (χ1) is 24.4. The van der Waals surface area contributed by atoms with Gasteiger partial charge in [-0.2, -0.15) is 0 Å². The highest BCUT2D eigenvalue weighted by atomic mass is 16.5. The second-order valence-corrected chi connectivity index (χ2v) is 14.7. The van der Waals surface area contributed by atoms with Gasteiger partial charge in [0.15, 0.2) is 23.4 Å². The van der Waals surface area contributed by atoms with Crippen LogP contribution in [0.2, 0.25) is 0 Å². The molecule has 0 radical (unpaired) electrons. The number of hydrogen-bond donors (Lipinski definition) is 3. The molecular formula is C40H33N5O5. The van der Waals surface area contributed by atoms with Crippen LogP contribution in [0.4, 0.5) is 5.69 Å². The monoisotopic (exact) mass is 663 g/mol. The summed E-state index contributed by atoms with van der Waals surface area (Å²) >= 11 is 0. The minimum absolute atomic E-state index is 0.0418. The van der Waals surface area contributed by atoms with Crippen molar-refractivity contribution in [2.24, 2.45) is 11.8 Å². The molecule has 1 spiro atoms. The molecule has 10 heteroatoms. The molecule has 50 heavy (non-hydrogen) atoms. The molecule has 6 heterocycles. The fourth-order valence-corrected chi connectivity index (χ4v) is 8.74. The number of aromatic nitrogens is 2. The number of nitrogens with zero attached hydrogens (tertiary/aromatic N) is 2. The fourth-order valence-electron chi connectivity index (χ4n) is 8.74. The number of oxazole rings is 2. The van der Waals surface area contributed by atoms with Gasteiger partial charge in [0, 0.05) is 40.3 Å². The summed E-state index contributed by atoms with van der Waals surface area (Å²) in [6.45, 7) is 4.04. The lowest BCUT2D eigenvalue weighted by Crippen LogP contribution is -2.50. The van der Waals surface area contributed by atoms with Gasteiger partial charge >= 0.3 is 0 Å². The molecule has 3 N–H and O–H groups in total. The highest BCUT2D eigenvalue weighted by Crippen LogP contribution is 2.61. The van der Waals surface area contributed by atoms with Gasteiger partial charge in [-0.15, -0.1) is 0 Å². The first kappa shape index (κ1) is 28.2. The number of nitrogens with one attached hydrogen (secondary N) is 3. The number of rotatable bonds is 3. The van der Waals surface area contributed by atoms with E-state index in [1.807, 2.05) is 26.0 Å². The lowest BCUT2D eigenvalue weighted by atomic mass is 9.72. The molecule has 5 aromatic rings. The molecule has 1 saturated carbocycles. The largest absolute Gasteiger partial charge is 0.469 e. The molecule has 2 aliphatic carbocycles. The van der Waals surface area contributed by atoms with Gasteiger partial charge in [-0.05, 0) is 53.5 Å². The second kappa shape index (κ2) is 9.74. The van der Waals surface area contributed by atoms with E-state index in [-0.39, 0.29) is 23.7 Å². The Bertz CT molecular complexity index is 2360. The number of para-hydroxylation sites is 1. The van der Waals surface area contributed by atoms with Crippen LogP contribution in [0.25, 0.3) is 28.3 Å². The average Bonchev–Trinajstić information content (AvgIpc) is 3.46. The average molecular weight is 664 g/mol. The van der Waals surface area contributed by atoms with Crippen molar-refractivity contribution in [3.8, 4) is 28.5 Å². The number of fused-ring (bicyclic) bond motifs is 7. The molecular weight excluding hydrogens is 630 g/mol. The first-order valence-corrected chi connectivity index (χ1v) is 17.5. The Labute approximate surface area is 287 Å². The van der Waals surface area contributed by atoms with E-state index in [9.17, 15) is 9.59 Å².